The number of hydrogen-bond acceptors (Lipinski definition) is 5. The number of nitrogens with zero attached hydrogens (tertiary/aromatic N) is 6. The summed E-state index contributed by atoms with van der Waals surface area (Å²) in [4.78, 5) is 16.7. The van der Waals surface area contributed by atoms with Crippen LogP contribution in [0.3, 0.4) is 0 Å². The van der Waals surface area contributed by atoms with Crippen molar-refractivity contribution >= 4 is 17.4 Å². The standard InChI is InChI=1S/C20H23N7O/c1-25(14-16-6-2-3-7-19(16)26-12-4-5-13-26)20(28)22-17-8-10-18(11-9-17)27-15-21-23-24-27/h2-3,6-11,15H,4-5,12-14H2,1H3,(H,22,28). The molecule has 3 aromatic rings. The molecule has 4 rings (SSSR count). The maximum absolute atomic E-state index is 12.6. The van der Waals surface area contributed by atoms with Crippen LogP contribution in [-0.4, -0.2) is 51.3 Å². The van der Waals surface area contributed by atoms with Crippen LogP contribution < -0.4 is 10.2 Å². The number of para-hydroxylation sites is 1. The van der Waals surface area contributed by atoms with Gasteiger partial charge in [0.25, 0.3) is 0 Å². The highest BCUT2D eigenvalue weighted by Gasteiger charge is 2.17. The number of amides is 2. The summed E-state index contributed by atoms with van der Waals surface area (Å²) in [6.07, 6.45) is 3.98. The van der Waals surface area contributed by atoms with Gasteiger partial charge in [-0.25, -0.2) is 9.48 Å². The number of tetrazole rings is 1. The van der Waals surface area contributed by atoms with Crippen LogP contribution in [0.2, 0.25) is 0 Å². The number of urea groups is 1. The van der Waals surface area contributed by atoms with Crippen LogP contribution in [0, 0.1) is 0 Å². The molecule has 0 spiro atoms. The molecule has 1 fully saturated rings. The largest absolute Gasteiger partial charge is 0.371 e. The number of nitrogens with one attached hydrogen (secondary N) is 1. The second kappa shape index (κ2) is 8.08. The smallest absolute Gasteiger partial charge is 0.321 e. The van der Waals surface area contributed by atoms with E-state index in [9.17, 15) is 4.79 Å². The predicted molar refractivity (Wildman–Crippen MR) is 108 cm³/mol. The van der Waals surface area contributed by atoms with Crippen LogP contribution in [0.15, 0.2) is 54.9 Å². The number of aromatic nitrogens is 4. The minimum absolute atomic E-state index is 0.147. The summed E-state index contributed by atoms with van der Waals surface area (Å²) >= 11 is 0. The monoisotopic (exact) mass is 377 g/mol. The molecule has 2 amide bonds. The summed E-state index contributed by atoms with van der Waals surface area (Å²) in [5, 5.41) is 14.0. The Kier molecular flexibility index (Phi) is 5.18. The summed E-state index contributed by atoms with van der Waals surface area (Å²) in [5.74, 6) is 0. The van der Waals surface area contributed by atoms with Gasteiger partial charge >= 0.3 is 6.03 Å². The molecule has 0 bridgehead atoms. The molecule has 8 nitrogen and oxygen atoms in total. The van der Waals surface area contributed by atoms with Gasteiger partial charge in [0.1, 0.15) is 6.33 Å². The summed E-state index contributed by atoms with van der Waals surface area (Å²) in [6.45, 7) is 2.72. The van der Waals surface area contributed by atoms with Gasteiger partial charge in [0.2, 0.25) is 0 Å². The van der Waals surface area contributed by atoms with E-state index in [0.717, 1.165) is 30.0 Å². The van der Waals surface area contributed by atoms with Crippen molar-refractivity contribution in [3.05, 3.63) is 60.4 Å². The van der Waals surface area contributed by atoms with E-state index >= 15 is 0 Å². The molecule has 144 valence electrons. The minimum Gasteiger partial charge on any atom is -0.371 e. The molecule has 0 aliphatic carbocycles. The first kappa shape index (κ1) is 18.0. The molecular weight excluding hydrogens is 354 g/mol. The lowest BCUT2D eigenvalue weighted by Gasteiger charge is -2.24. The number of rotatable bonds is 5. The molecule has 1 aromatic heterocycles. The predicted octanol–water partition coefficient (Wildman–Crippen LogP) is 2.93. The highest BCUT2D eigenvalue weighted by Crippen LogP contribution is 2.25. The summed E-state index contributed by atoms with van der Waals surface area (Å²) in [7, 11) is 1.81. The molecule has 0 radical (unpaired) electrons. The van der Waals surface area contributed by atoms with Crippen LogP contribution >= 0.6 is 0 Å². The van der Waals surface area contributed by atoms with Crippen molar-refractivity contribution in [1.82, 2.24) is 25.1 Å². The third-order valence-corrected chi connectivity index (χ3v) is 4.92. The second-order valence-corrected chi connectivity index (χ2v) is 6.91. The lowest BCUT2D eigenvalue weighted by molar-refractivity contribution is 0.220. The highest BCUT2D eigenvalue weighted by atomic mass is 16.2. The average Bonchev–Trinajstić information content (AvgIpc) is 3.43. The molecule has 2 heterocycles. The van der Waals surface area contributed by atoms with Crippen molar-refractivity contribution in [2.75, 3.05) is 30.4 Å². The van der Waals surface area contributed by atoms with Gasteiger partial charge in [-0.05, 0) is 59.2 Å². The molecule has 28 heavy (non-hydrogen) atoms. The normalized spacial score (nSPS) is 13.5. The Morgan fingerprint density at radius 1 is 1.11 bits per heavy atom. The zero-order chi connectivity index (χ0) is 19.3. The third kappa shape index (κ3) is 3.95. The fourth-order valence-corrected chi connectivity index (χ4v) is 3.43. The van der Waals surface area contributed by atoms with Gasteiger partial charge in [0, 0.05) is 38.1 Å². The Bertz CT molecular complexity index is 918. The van der Waals surface area contributed by atoms with Crippen molar-refractivity contribution in [2.24, 2.45) is 0 Å². The number of benzene rings is 2. The molecule has 1 aliphatic heterocycles. The summed E-state index contributed by atoms with van der Waals surface area (Å²) < 4.78 is 1.56. The van der Waals surface area contributed by atoms with E-state index in [1.54, 1.807) is 9.58 Å². The van der Waals surface area contributed by atoms with E-state index in [2.05, 4.69) is 43.9 Å². The van der Waals surface area contributed by atoms with E-state index in [1.807, 2.05) is 37.4 Å². The van der Waals surface area contributed by atoms with Crippen molar-refractivity contribution in [1.29, 1.82) is 0 Å². The Balaban J connectivity index is 1.40. The first-order chi connectivity index (χ1) is 13.7. The molecule has 8 heteroatoms. The van der Waals surface area contributed by atoms with E-state index in [-0.39, 0.29) is 6.03 Å². The van der Waals surface area contributed by atoms with E-state index < -0.39 is 0 Å². The minimum atomic E-state index is -0.147. The first-order valence-corrected chi connectivity index (χ1v) is 9.39. The van der Waals surface area contributed by atoms with Crippen molar-refractivity contribution in [2.45, 2.75) is 19.4 Å². The zero-order valence-corrected chi connectivity index (χ0v) is 15.8. The van der Waals surface area contributed by atoms with E-state index in [1.165, 1.54) is 24.9 Å². The van der Waals surface area contributed by atoms with Crippen molar-refractivity contribution in [3.8, 4) is 5.69 Å². The number of hydrogen-bond donors (Lipinski definition) is 1. The van der Waals surface area contributed by atoms with E-state index in [0.29, 0.717) is 6.54 Å². The molecule has 0 atom stereocenters. The highest BCUT2D eigenvalue weighted by molar-refractivity contribution is 5.89. The molecule has 0 unspecified atom stereocenters. The van der Waals surface area contributed by atoms with Gasteiger partial charge in [-0.2, -0.15) is 0 Å². The van der Waals surface area contributed by atoms with Gasteiger partial charge in [-0.3, -0.25) is 0 Å². The van der Waals surface area contributed by atoms with Gasteiger partial charge < -0.3 is 15.1 Å². The van der Waals surface area contributed by atoms with Gasteiger partial charge in [-0.1, -0.05) is 18.2 Å². The fraction of sp³-hybridized carbons (Fsp3) is 0.300. The maximum atomic E-state index is 12.6. The van der Waals surface area contributed by atoms with Crippen LogP contribution in [-0.2, 0) is 6.54 Å². The lowest BCUT2D eigenvalue weighted by Crippen LogP contribution is -2.31. The van der Waals surface area contributed by atoms with Crippen LogP contribution in [0.5, 0.6) is 0 Å². The molecule has 1 saturated heterocycles. The SMILES string of the molecule is CN(Cc1ccccc1N1CCCC1)C(=O)Nc1ccc(-n2cnnn2)cc1. The van der Waals surface area contributed by atoms with E-state index in [4.69, 9.17) is 0 Å². The van der Waals surface area contributed by atoms with Gasteiger partial charge in [0.15, 0.2) is 0 Å². The third-order valence-electron chi connectivity index (χ3n) is 4.92. The lowest BCUT2D eigenvalue weighted by atomic mass is 10.1. The molecular formula is C20H23N7O. The number of anilines is 2. The molecule has 1 aliphatic rings. The Hall–Kier alpha value is -3.42. The molecule has 0 saturated carbocycles. The summed E-state index contributed by atoms with van der Waals surface area (Å²) in [6, 6.07) is 15.6. The van der Waals surface area contributed by atoms with Gasteiger partial charge in [-0.15, -0.1) is 5.10 Å². The second-order valence-electron chi connectivity index (χ2n) is 6.91. The van der Waals surface area contributed by atoms with Crippen LogP contribution in [0.1, 0.15) is 18.4 Å². The molecule has 1 N–H and O–H groups in total. The quantitative estimate of drug-likeness (QED) is 0.740. The van der Waals surface area contributed by atoms with Gasteiger partial charge in [0.05, 0.1) is 5.69 Å². The fourth-order valence-electron chi connectivity index (χ4n) is 3.43. The Morgan fingerprint density at radius 3 is 2.57 bits per heavy atom. The summed E-state index contributed by atoms with van der Waals surface area (Å²) in [5.41, 5.74) is 3.94. The number of carbonyl (C=O) groups is 1. The average molecular weight is 377 g/mol. The van der Waals surface area contributed by atoms with Crippen molar-refractivity contribution < 1.29 is 4.79 Å². The number of carbonyl (C=O) groups excluding carboxylic acids is 1. The Labute approximate surface area is 163 Å². The Morgan fingerprint density at radius 2 is 1.86 bits per heavy atom. The zero-order valence-electron chi connectivity index (χ0n) is 15.8. The van der Waals surface area contributed by atoms with Crippen molar-refractivity contribution in [3.63, 3.8) is 0 Å². The topological polar surface area (TPSA) is 79.2 Å². The van der Waals surface area contributed by atoms with Crippen LogP contribution in [0.4, 0.5) is 16.2 Å². The maximum Gasteiger partial charge on any atom is 0.321 e. The first-order valence-electron chi connectivity index (χ1n) is 9.39. The molecule has 2 aromatic carbocycles. The van der Waals surface area contributed by atoms with Crippen LogP contribution in [0.25, 0.3) is 5.69 Å².